The highest BCUT2D eigenvalue weighted by molar-refractivity contribution is 6.00. The molecule has 0 unspecified atom stereocenters. The SMILES string of the molecule is CC(C)(C)OC(=O)c1cccc(N2C=CCC2=O)c1. The molecule has 19 heavy (non-hydrogen) atoms. The fourth-order valence-corrected chi connectivity index (χ4v) is 1.79. The Morgan fingerprint density at radius 3 is 2.63 bits per heavy atom. The van der Waals surface area contributed by atoms with Crippen LogP contribution in [0.3, 0.4) is 0 Å². The topological polar surface area (TPSA) is 46.6 Å². The van der Waals surface area contributed by atoms with Crippen LogP contribution in [-0.2, 0) is 9.53 Å². The molecule has 0 spiro atoms. The highest BCUT2D eigenvalue weighted by Gasteiger charge is 2.20. The molecule has 1 aromatic rings. The third-order valence-electron chi connectivity index (χ3n) is 2.57. The highest BCUT2D eigenvalue weighted by Crippen LogP contribution is 2.22. The monoisotopic (exact) mass is 259 g/mol. The lowest BCUT2D eigenvalue weighted by atomic mass is 10.1. The highest BCUT2D eigenvalue weighted by atomic mass is 16.6. The third-order valence-corrected chi connectivity index (χ3v) is 2.57. The first-order valence-electron chi connectivity index (χ1n) is 6.19. The molecule has 1 aliphatic heterocycles. The largest absolute Gasteiger partial charge is 0.456 e. The van der Waals surface area contributed by atoms with Crippen LogP contribution in [-0.4, -0.2) is 17.5 Å². The first-order chi connectivity index (χ1) is 8.87. The maximum Gasteiger partial charge on any atom is 0.338 e. The van der Waals surface area contributed by atoms with Crippen molar-refractivity contribution in [1.29, 1.82) is 0 Å². The predicted octanol–water partition coefficient (Wildman–Crippen LogP) is 2.89. The number of hydrogen-bond acceptors (Lipinski definition) is 3. The van der Waals surface area contributed by atoms with Crippen molar-refractivity contribution in [3.8, 4) is 0 Å². The van der Waals surface area contributed by atoms with Gasteiger partial charge in [0.2, 0.25) is 5.91 Å². The quantitative estimate of drug-likeness (QED) is 0.767. The standard InChI is InChI=1S/C15H17NO3/c1-15(2,3)19-14(18)11-6-4-7-12(10-11)16-9-5-8-13(16)17/h4-7,9-10H,8H2,1-3H3. The van der Waals surface area contributed by atoms with E-state index < -0.39 is 5.60 Å². The lowest BCUT2D eigenvalue weighted by molar-refractivity contribution is -0.116. The molecule has 1 aromatic carbocycles. The normalized spacial score (nSPS) is 14.9. The Bertz CT molecular complexity index is 541. The van der Waals surface area contributed by atoms with Crippen molar-refractivity contribution in [2.24, 2.45) is 0 Å². The number of rotatable bonds is 2. The van der Waals surface area contributed by atoms with Crippen LogP contribution in [0.5, 0.6) is 0 Å². The first-order valence-corrected chi connectivity index (χ1v) is 6.19. The zero-order chi connectivity index (χ0) is 14.0. The van der Waals surface area contributed by atoms with Gasteiger partial charge in [-0.05, 0) is 39.0 Å². The van der Waals surface area contributed by atoms with Crippen molar-refractivity contribution in [1.82, 2.24) is 0 Å². The second kappa shape index (κ2) is 4.88. The Labute approximate surface area is 112 Å². The lowest BCUT2D eigenvalue weighted by Crippen LogP contribution is -2.24. The number of hydrogen-bond donors (Lipinski definition) is 0. The van der Waals surface area contributed by atoms with E-state index in [4.69, 9.17) is 4.74 Å². The van der Waals surface area contributed by atoms with Crippen LogP contribution in [0, 0.1) is 0 Å². The molecule has 0 bridgehead atoms. The van der Waals surface area contributed by atoms with Gasteiger partial charge in [0, 0.05) is 18.3 Å². The summed E-state index contributed by atoms with van der Waals surface area (Å²) in [5, 5.41) is 0. The molecule has 1 aliphatic rings. The Morgan fingerprint density at radius 2 is 2.05 bits per heavy atom. The van der Waals surface area contributed by atoms with Crippen molar-refractivity contribution < 1.29 is 14.3 Å². The van der Waals surface area contributed by atoms with E-state index in [1.165, 1.54) is 4.90 Å². The maximum atomic E-state index is 12.0. The van der Waals surface area contributed by atoms with Gasteiger partial charge in [0.25, 0.3) is 0 Å². The van der Waals surface area contributed by atoms with Crippen molar-refractivity contribution in [3.63, 3.8) is 0 Å². The summed E-state index contributed by atoms with van der Waals surface area (Å²) in [5.74, 6) is -0.383. The number of nitrogens with zero attached hydrogens (tertiary/aromatic N) is 1. The molecule has 0 N–H and O–H groups in total. The molecule has 0 fully saturated rings. The Balaban J connectivity index is 2.22. The molecular weight excluding hydrogens is 242 g/mol. The molecule has 2 rings (SSSR count). The summed E-state index contributed by atoms with van der Waals surface area (Å²) in [4.78, 5) is 25.1. The summed E-state index contributed by atoms with van der Waals surface area (Å²) in [7, 11) is 0. The molecule has 100 valence electrons. The smallest absolute Gasteiger partial charge is 0.338 e. The number of anilines is 1. The molecule has 4 heteroatoms. The fourth-order valence-electron chi connectivity index (χ4n) is 1.79. The van der Waals surface area contributed by atoms with Crippen LogP contribution in [0.1, 0.15) is 37.6 Å². The summed E-state index contributed by atoms with van der Waals surface area (Å²) in [5.41, 5.74) is 0.596. The Kier molecular flexibility index (Phi) is 3.42. The summed E-state index contributed by atoms with van der Waals surface area (Å²) >= 11 is 0. The van der Waals surface area contributed by atoms with E-state index in [0.29, 0.717) is 17.7 Å². The van der Waals surface area contributed by atoms with E-state index >= 15 is 0 Å². The van der Waals surface area contributed by atoms with Gasteiger partial charge in [0.1, 0.15) is 5.60 Å². The molecule has 1 heterocycles. The average molecular weight is 259 g/mol. The maximum absolute atomic E-state index is 12.0. The fraction of sp³-hybridized carbons (Fsp3) is 0.333. The minimum atomic E-state index is -0.531. The molecule has 1 amide bonds. The summed E-state index contributed by atoms with van der Waals surface area (Å²) in [6.07, 6.45) is 3.91. The Hall–Kier alpha value is -2.10. The van der Waals surface area contributed by atoms with Crippen LogP contribution < -0.4 is 4.90 Å². The van der Waals surface area contributed by atoms with Crippen molar-refractivity contribution >= 4 is 17.6 Å². The molecule has 0 radical (unpaired) electrons. The zero-order valence-corrected chi connectivity index (χ0v) is 11.3. The van der Waals surface area contributed by atoms with E-state index in [-0.39, 0.29) is 11.9 Å². The lowest BCUT2D eigenvalue weighted by Gasteiger charge is -2.20. The number of carbonyl (C=O) groups excluding carboxylic acids is 2. The van der Waals surface area contributed by atoms with Gasteiger partial charge in [-0.15, -0.1) is 0 Å². The van der Waals surface area contributed by atoms with Gasteiger partial charge in [0.05, 0.1) is 5.56 Å². The number of benzene rings is 1. The van der Waals surface area contributed by atoms with Crippen molar-refractivity contribution in [2.75, 3.05) is 4.90 Å². The minimum absolute atomic E-state index is 0.00124. The second-order valence-electron chi connectivity index (χ2n) is 5.40. The molecule has 0 aliphatic carbocycles. The van der Waals surface area contributed by atoms with Gasteiger partial charge < -0.3 is 4.74 Å². The second-order valence-corrected chi connectivity index (χ2v) is 5.40. The van der Waals surface area contributed by atoms with Gasteiger partial charge in [-0.25, -0.2) is 4.79 Å². The van der Waals surface area contributed by atoms with Crippen LogP contribution in [0.25, 0.3) is 0 Å². The molecular formula is C15H17NO3. The zero-order valence-electron chi connectivity index (χ0n) is 11.3. The number of amides is 1. The van der Waals surface area contributed by atoms with Gasteiger partial charge in [-0.3, -0.25) is 9.69 Å². The van der Waals surface area contributed by atoms with Gasteiger partial charge in [-0.2, -0.15) is 0 Å². The van der Waals surface area contributed by atoms with Gasteiger partial charge in [0.15, 0.2) is 0 Å². The summed E-state index contributed by atoms with van der Waals surface area (Å²) in [6, 6.07) is 6.89. The minimum Gasteiger partial charge on any atom is -0.456 e. The predicted molar refractivity (Wildman–Crippen MR) is 72.9 cm³/mol. The third kappa shape index (κ3) is 3.22. The first kappa shape index (κ1) is 13.3. The van der Waals surface area contributed by atoms with Gasteiger partial charge >= 0.3 is 5.97 Å². The van der Waals surface area contributed by atoms with Crippen LogP contribution in [0.15, 0.2) is 36.5 Å². The molecule has 0 atom stereocenters. The number of ether oxygens (including phenoxy) is 1. The van der Waals surface area contributed by atoms with Crippen molar-refractivity contribution in [2.45, 2.75) is 32.8 Å². The van der Waals surface area contributed by atoms with Gasteiger partial charge in [-0.1, -0.05) is 12.1 Å². The van der Waals surface area contributed by atoms with Crippen molar-refractivity contribution in [3.05, 3.63) is 42.1 Å². The summed E-state index contributed by atoms with van der Waals surface area (Å²) in [6.45, 7) is 5.46. The Morgan fingerprint density at radius 1 is 1.32 bits per heavy atom. The van der Waals surface area contributed by atoms with Crippen LogP contribution in [0.2, 0.25) is 0 Å². The van der Waals surface area contributed by atoms with Crippen LogP contribution >= 0.6 is 0 Å². The van der Waals surface area contributed by atoms with E-state index in [9.17, 15) is 9.59 Å². The number of carbonyl (C=O) groups is 2. The molecule has 4 nitrogen and oxygen atoms in total. The average Bonchev–Trinajstić information content (AvgIpc) is 2.73. The van der Waals surface area contributed by atoms with E-state index in [1.807, 2.05) is 20.8 Å². The summed E-state index contributed by atoms with van der Waals surface area (Å²) < 4.78 is 5.31. The number of esters is 1. The van der Waals surface area contributed by atoms with E-state index in [0.717, 1.165) is 0 Å². The van der Waals surface area contributed by atoms with E-state index in [1.54, 1.807) is 36.5 Å². The molecule has 0 saturated heterocycles. The van der Waals surface area contributed by atoms with E-state index in [2.05, 4.69) is 0 Å². The van der Waals surface area contributed by atoms with Crippen LogP contribution in [0.4, 0.5) is 5.69 Å². The molecule has 0 aromatic heterocycles. The molecule has 0 saturated carbocycles.